The zero-order valence-electron chi connectivity index (χ0n) is 15.1. The monoisotopic (exact) mass is 374 g/mol. The number of benzene rings is 2. The van der Waals surface area contributed by atoms with Crippen LogP contribution in [-0.2, 0) is 16.0 Å². The van der Waals surface area contributed by atoms with Gasteiger partial charge < -0.3 is 29.5 Å². The van der Waals surface area contributed by atoms with E-state index in [-0.39, 0.29) is 29.8 Å². The summed E-state index contributed by atoms with van der Waals surface area (Å²) in [4.78, 5) is 12.2. The topological polar surface area (TPSA) is 105 Å². The molecule has 144 valence electrons. The standard InChI is InChI=1S/C20H22O7/c1-25-17-8-11(3-5-15(17)21)7-13-14(10-27-20(13)24)19(23)12-4-6-16(22)18(9-12)26-2/h3-6,8-9,13-14,19,21-23H,7,10H2,1-2H3/t13-,14-,19+/m1/s1. The predicted octanol–water partition coefficient (Wildman–Crippen LogP) is 2.18. The summed E-state index contributed by atoms with van der Waals surface area (Å²) >= 11 is 0. The Bertz CT molecular complexity index is 833. The average Bonchev–Trinajstić information content (AvgIpc) is 3.03. The number of cyclic esters (lactones) is 1. The molecule has 1 heterocycles. The average molecular weight is 374 g/mol. The van der Waals surface area contributed by atoms with Crippen LogP contribution in [0.4, 0.5) is 0 Å². The maximum atomic E-state index is 12.2. The highest BCUT2D eigenvalue weighted by molar-refractivity contribution is 5.75. The highest BCUT2D eigenvalue weighted by Gasteiger charge is 2.41. The number of aliphatic hydroxyl groups is 1. The van der Waals surface area contributed by atoms with Crippen LogP contribution < -0.4 is 9.47 Å². The van der Waals surface area contributed by atoms with E-state index in [1.807, 2.05) is 0 Å². The number of carbonyl (C=O) groups is 1. The summed E-state index contributed by atoms with van der Waals surface area (Å²) in [7, 11) is 2.88. The van der Waals surface area contributed by atoms with Crippen molar-refractivity contribution in [3.63, 3.8) is 0 Å². The molecule has 0 radical (unpaired) electrons. The highest BCUT2D eigenvalue weighted by atomic mass is 16.5. The molecule has 0 amide bonds. The van der Waals surface area contributed by atoms with Crippen LogP contribution in [0.1, 0.15) is 17.2 Å². The number of hydrogen-bond acceptors (Lipinski definition) is 7. The lowest BCUT2D eigenvalue weighted by Crippen LogP contribution is -2.24. The number of esters is 1. The number of hydrogen-bond donors (Lipinski definition) is 3. The zero-order valence-corrected chi connectivity index (χ0v) is 15.1. The van der Waals surface area contributed by atoms with Crippen molar-refractivity contribution >= 4 is 5.97 Å². The van der Waals surface area contributed by atoms with E-state index in [0.29, 0.717) is 17.7 Å². The first-order valence-corrected chi connectivity index (χ1v) is 8.52. The third kappa shape index (κ3) is 3.78. The Balaban J connectivity index is 1.83. The van der Waals surface area contributed by atoms with Crippen LogP contribution in [0, 0.1) is 11.8 Å². The van der Waals surface area contributed by atoms with Crippen molar-refractivity contribution in [2.45, 2.75) is 12.5 Å². The zero-order chi connectivity index (χ0) is 19.6. The fraction of sp³-hybridized carbons (Fsp3) is 0.350. The lowest BCUT2D eigenvalue weighted by atomic mass is 9.83. The van der Waals surface area contributed by atoms with Gasteiger partial charge in [0, 0.05) is 5.92 Å². The largest absolute Gasteiger partial charge is 0.504 e. The first-order chi connectivity index (χ1) is 12.9. The number of carbonyl (C=O) groups excluding carboxylic acids is 1. The number of aliphatic hydroxyl groups excluding tert-OH is 1. The molecule has 0 unspecified atom stereocenters. The van der Waals surface area contributed by atoms with E-state index < -0.39 is 17.9 Å². The Kier molecular flexibility index (Phi) is 5.41. The number of rotatable bonds is 6. The van der Waals surface area contributed by atoms with E-state index in [0.717, 1.165) is 5.56 Å². The fourth-order valence-electron chi connectivity index (χ4n) is 3.35. The molecule has 0 bridgehead atoms. The molecule has 0 aromatic heterocycles. The van der Waals surface area contributed by atoms with Gasteiger partial charge in [0.1, 0.15) is 0 Å². The van der Waals surface area contributed by atoms with Crippen LogP contribution in [-0.4, -0.2) is 42.1 Å². The van der Waals surface area contributed by atoms with Crippen LogP contribution >= 0.6 is 0 Å². The van der Waals surface area contributed by atoms with E-state index in [4.69, 9.17) is 14.2 Å². The normalized spacial score (nSPS) is 20.2. The fourth-order valence-corrected chi connectivity index (χ4v) is 3.35. The molecular formula is C20H22O7. The Morgan fingerprint density at radius 1 is 1.07 bits per heavy atom. The smallest absolute Gasteiger partial charge is 0.309 e. The minimum atomic E-state index is -0.963. The first-order valence-electron chi connectivity index (χ1n) is 8.52. The first kappa shape index (κ1) is 18.8. The quantitative estimate of drug-likeness (QED) is 0.666. The van der Waals surface area contributed by atoms with Gasteiger partial charge in [0.2, 0.25) is 0 Å². The highest BCUT2D eigenvalue weighted by Crippen LogP contribution is 2.39. The van der Waals surface area contributed by atoms with Gasteiger partial charge >= 0.3 is 5.97 Å². The maximum absolute atomic E-state index is 12.2. The minimum absolute atomic E-state index is 0.0167. The van der Waals surface area contributed by atoms with E-state index in [1.54, 1.807) is 24.3 Å². The van der Waals surface area contributed by atoms with Crippen LogP contribution in [0.5, 0.6) is 23.0 Å². The number of aromatic hydroxyl groups is 2. The molecule has 7 nitrogen and oxygen atoms in total. The second-order valence-corrected chi connectivity index (χ2v) is 6.49. The molecule has 27 heavy (non-hydrogen) atoms. The van der Waals surface area contributed by atoms with E-state index in [9.17, 15) is 20.1 Å². The molecule has 0 saturated carbocycles. The summed E-state index contributed by atoms with van der Waals surface area (Å²) in [5.41, 5.74) is 1.32. The molecule has 1 aliphatic heterocycles. The lowest BCUT2D eigenvalue weighted by molar-refractivity contribution is -0.141. The van der Waals surface area contributed by atoms with Crippen LogP contribution in [0.25, 0.3) is 0 Å². The van der Waals surface area contributed by atoms with Gasteiger partial charge in [0.05, 0.1) is 32.8 Å². The second kappa shape index (κ2) is 7.75. The molecule has 7 heteroatoms. The Morgan fingerprint density at radius 2 is 1.70 bits per heavy atom. The molecule has 1 fully saturated rings. The van der Waals surface area contributed by atoms with Crippen LogP contribution in [0.3, 0.4) is 0 Å². The summed E-state index contributed by atoms with van der Waals surface area (Å²) in [6, 6.07) is 9.44. The number of methoxy groups -OCH3 is 2. The molecule has 1 saturated heterocycles. The van der Waals surface area contributed by atoms with Crippen molar-refractivity contribution in [1.82, 2.24) is 0 Å². The summed E-state index contributed by atoms with van der Waals surface area (Å²) in [5.74, 6) is -0.823. The van der Waals surface area contributed by atoms with Crippen molar-refractivity contribution in [3.8, 4) is 23.0 Å². The summed E-state index contributed by atoms with van der Waals surface area (Å²) in [6.07, 6.45) is -0.623. The molecule has 2 aromatic rings. The van der Waals surface area contributed by atoms with Gasteiger partial charge in [-0.1, -0.05) is 12.1 Å². The SMILES string of the molecule is COc1cc(C[C@H]2C(=O)OC[C@H]2[C@@H](O)c2ccc(O)c(OC)c2)ccc1O. The van der Waals surface area contributed by atoms with Crippen molar-refractivity contribution in [3.05, 3.63) is 47.5 Å². The second-order valence-electron chi connectivity index (χ2n) is 6.49. The molecule has 1 aliphatic rings. The van der Waals surface area contributed by atoms with Gasteiger partial charge in [-0.3, -0.25) is 4.79 Å². The molecule has 3 atom stereocenters. The Hall–Kier alpha value is -2.93. The van der Waals surface area contributed by atoms with Gasteiger partial charge in [-0.15, -0.1) is 0 Å². The van der Waals surface area contributed by atoms with Gasteiger partial charge in [0.15, 0.2) is 23.0 Å². The van der Waals surface area contributed by atoms with E-state index in [1.165, 1.54) is 26.4 Å². The minimum Gasteiger partial charge on any atom is -0.504 e. The summed E-state index contributed by atoms with van der Waals surface area (Å²) in [5, 5.41) is 30.3. The molecule has 0 spiro atoms. The third-order valence-corrected chi connectivity index (χ3v) is 4.89. The Morgan fingerprint density at radius 3 is 2.37 bits per heavy atom. The molecular weight excluding hydrogens is 352 g/mol. The van der Waals surface area contributed by atoms with Gasteiger partial charge in [-0.2, -0.15) is 0 Å². The van der Waals surface area contributed by atoms with Crippen LogP contribution in [0.15, 0.2) is 36.4 Å². The lowest BCUT2D eigenvalue weighted by Gasteiger charge is -2.22. The van der Waals surface area contributed by atoms with Crippen LogP contribution in [0.2, 0.25) is 0 Å². The molecule has 0 aliphatic carbocycles. The van der Waals surface area contributed by atoms with Gasteiger partial charge in [0.25, 0.3) is 0 Å². The van der Waals surface area contributed by atoms with Gasteiger partial charge in [-0.05, 0) is 41.8 Å². The van der Waals surface area contributed by atoms with Crippen molar-refractivity contribution in [2.24, 2.45) is 11.8 Å². The summed E-state index contributed by atoms with van der Waals surface area (Å²) < 4.78 is 15.4. The van der Waals surface area contributed by atoms with E-state index in [2.05, 4.69) is 0 Å². The van der Waals surface area contributed by atoms with Crippen molar-refractivity contribution < 1.29 is 34.3 Å². The predicted molar refractivity (Wildman–Crippen MR) is 95.9 cm³/mol. The molecule has 2 aromatic carbocycles. The number of ether oxygens (including phenoxy) is 3. The van der Waals surface area contributed by atoms with E-state index >= 15 is 0 Å². The number of phenols is 2. The summed E-state index contributed by atoms with van der Waals surface area (Å²) in [6.45, 7) is 0.100. The maximum Gasteiger partial charge on any atom is 0.309 e. The number of phenolic OH excluding ortho intramolecular Hbond substituents is 2. The van der Waals surface area contributed by atoms with Gasteiger partial charge in [-0.25, -0.2) is 0 Å². The Labute approximate surface area is 156 Å². The third-order valence-electron chi connectivity index (χ3n) is 4.89. The molecule has 3 N–H and O–H groups in total. The molecule has 3 rings (SSSR count). The van der Waals surface area contributed by atoms with Crippen molar-refractivity contribution in [2.75, 3.05) is 20.8 Å². The van der Waals surface area contributed by atoms with Crippen molar-refractivity contribution in [1.29, 1.82) is 0 Å².